The lowest BCUT2D eigenvalue weighted by Gasteiger charge is -2.23. The van der Waals surface area contributed by atoms with Crippen LogP contribution in [0.4, 0.5) is 0 Å². The van der Waals surface area contributed by atoms with Gasteiger partial charge in [0.2, 0.25) is 5.89 Å². The van der Waals surface area contributed by atoms with Crippen molar-refractivity contribution in [2.45, 2.75) is 43.9 Å². The zero-order valence-corrected chi connectivity index (χ0v) is 17.8. The van der Waals surface area contributed by atoms with Crippen LogP contribution >= 0.6 is 11.8 Å². The van der Waals surface area contributed by atoms with E-state index in [4.69, 9.17) is 9.52 Å². The van der Waals surface area contributed by atoms with E-state index in [0.29, 0.717) is 11.7 Å². The fourth-order valence-corrected chi connectivity index (χ4v) is 4.62. The highest BCUT2D eigenvalue weighted by Crippen LogP contribution is 2.40. The van der Waals surface area contributed by atoms with Gasteiger partial charge in [0, 0.05) is 21.8 Å². The number of carboxylic acid groups (broad SMARTS) is 1. The zero-order chi connectivity index (χ0) is 20.6. The highest BCUT2D eigenvalue weighted by molar-refractivity contribution is 7.99. The molecule has 0 radical (unpaired) electrons. The topological polar surface area (TPSA) is 63.3 Å². The van der Waals surface area contributed by atoms with Gasteiger partial charge in [-0.1, -0.05) is 32.9 Å². The van der Waals surface area contributed by atoms with Crippen LogP contribution in [-0.2, 0) is 5.41 Å². The number of aromatic carboxylic acids is 1. The normalized spacial score (nSPS) is 14.2. The maximum Gasteiger partial charge on any atom is 0.335 e. The van der Waals surface area contributed by atoms with Crippen LogP contribution in [0.3, 0.4) is 0 Å². The van der Waals surface area contributed by atoms with Crippen molar-refractivity contribution in [2.24, 2.45) is 5.92 Å². The number of aromatic nitrogens is 1. The monoisotopic (exact) mass is 407 g/mol. The minimum Gasteiger partial charge on any atom is -0.478 e. The van der Waals surface area contributed by atoms with E-state index in [2.05, 4.69) is 44.0 Å². The van der Waals surface area contributed by atoms with Crippen molar-refractivity contribution >= 4 is 17.7 Å². The van der Waals surface area contributed by atoms with E-state index in [9.17, 15) is 4.79 Å². The first-order valence-corrected chi connectivity index (χ1v) is 10.9. The molecule has 1 fully saturated rings. The molecule has 4 nitrogen and oxygen atoms in total. The van der Waals surface area contributed by atoms with Crippen molar-refractivity contribution in [1.29, 1.82) is 0 Å². The van der Waals surface area contributed by atoms with Crippen LogP contribution in [-0.4, -0.2) is 21.8 Å². The quantitative estimate of drug-likeness (QED) is 0.472. The first kappa shape index (κ1) is 19.8. The summed E-state index contributed by atoms with van der Waals surface area (Å²) in [7, 11) is 0. The van der Waals surface area contributed by atoms with Crippen molar-refractivity contribution in [1.82, 2.24) is 4.98 Å². The predicted molar refractivity (Wildman–Crippen MR) is 116 cm³/mol. The molecule has 150 valence electrons. The van der Waals surface area contributed by atoms with E-state index in [0.717, 1.165) is 17.0 Å². The molecule has 0 aliphatic heterocycles. The van der Waals surface area contributed by atoms with Gasteiger partial charge in [-0.25, -0.2) is 9.78 Å². The standard InChI is InChI=1S/C24H25NO3S/c1-24(2,3)19-12-18(10-11-21(19)29-14-15-4-5-15)22-25-13-20(28-22)16-6-8-17(9-7-16)23(26)27/h6-13,15H,4-5,14H2,1-3H3,(H,26,27). The highest BCUT2D eigenvalue weighted by Gasteiger charge is 2.24. The molecule has 0 saturated heterocycles. The molecular weight excluding hydrogens is 382 g/mol. The Labute approximate surface area is 175 Å². The Balaban J connectivity index is 1.61. The average molecular weight is 408 g/mol. The fraction of sp³-hybridized carbons (Fsp3) is 0.333. The zero-order valence-electron chi connectivity index (χ0n) is 16.9. The molecule has 0 spiro atoms. The van der Waals surface area contributed by atoms with Crippen molar-refractivity contribution in [3.05, 3.63) is 59.8 Å². The summed E-state index contributed by atoms with van der Waals surface area (Å²) in [6, 6.07) is 13.1. The third kappa shape index (κ3) is 4.56. The van der Waals surface area contributed by atoms with Gasteiger partial charge in [0.05, 0.1) is 11.8 Å². The second-order valence-corrected chi connectivity index (χ2v) is 9.69. The van der Waals surface area contributed by atoms with Crippen LogP contribution < -0.4 is 0 Å². The van der Waals surface area contributed by atoms with Crippen LogP contribution in [0.25, 0.3) is 22.8 Å². The van der Waals surface area contributed by atoms with E-state index in [1.54, 1.807) is 30.5 Å². The van der Waals surface area contributed by atoms with E-state index in [1.807, 2.05) is 11.8 Å². The first-order valence-electron chi connectivity index (χ1n) is 9.88. The fourth-order valence-electron chi connectivity index (χ4n) is 3.19. The van der Waals surface area contributed by atoms with Gasteiger partial charge in [-0.2, -0.15) is 0 Å². The Hall–Kier alpha value is -2.53. The molecule has 3 aromatic rings. The maximum absolute atomic E-state index is 11.0. The molecule has 0 bridgehead atoms. The number of hydrogen-bond acceptors (Lipinski definition) is 4. The second-order valence-electron chi connectivity index (χ2n) is 8.63. The SMILES string of the molecule is CC(C)(C)c1cc(-c2ncc(-c3ccc(C(=O)O)cc3)o2)ccc1SCC1CC1. The number of thioether (sulfide) groups is 1. The molecule has 29 heavy (non-hydrogen) atoms. The molecule has 1 heterocycles. The average Bonchev–Trinajstić information content (AvgIpc) is 3.39. The summed E-state index contributed by atoms with van der Waals surface area (Å²) in [5.74, 6) is 2.34. The van der Waals surface area contributed by atoms with Crippen LogP contribution in [0.5, 0.6) is 0 Å². The van der Waals surface area contributed by atoms with Crippen LogP contribution in [0.2, 0.25) is 0 Å². The summed E-state index contributed by atoms with van der Waals surface area (Å²) in [6.45, 7) is 6.70. The van der Waals surface area contributed by atoms with Gasteiger partial charge in [0.15, 0.2) is 5.76 Å². The van der Waals surface area contributed by atoms with Gasteiger partial charge in [-0.05, 0) is 60.1 Å². The number of benzene rings is 2. The minimum atomic E-state index is -0.941. The first-order chi connectivity index (χ1) is 13.8. The molecule has 0 amide bonds. The molecule has 0 atom stereocenters. The lowest BCUT2D eigenvalue weighted by Crippen LogP contribution is -2.13. The van der Waals surface area contributed by atoms with E-state index >= 15 is 0 Å². The summed E-state index contributed by atoms with van der Waals surface area (Å²) in [4.78, 5) is 16.8. The third-order valence-electron chi connectivity index (χ3n) is 5.13. The molecule has 4 rings (SSSR count). The predicted octanol–water partition coefficient (Wildman–Crippen LogP) is 6.51. The summed E-state index contributed by atoms with van der Waals surface area (Å²) < 4.78 is 6.01. The van der Waals surface area contributed by atoms with Crippen LogP contribution in [0.15, 0.2) is 58.0 Å². The van der Waals surface area contributed by atoms with Gasteiger partial charge in [-0.3, -0.25) is 0 Å². The van der Waals surface area contributed by atoms with Crippen molar-refractivity contribution in [3.8, 4) is 22.8 Å². The van der Waals surface area contributed by atoms with E-state index in [1.165, 1.54) is 29.1 Å². The Kier molecular flexibility index (Phi) is 5.26. The van der Waals surface area contributed by atoms with E-state index < -0.39 is 5.97 Å². The van der Waals surface area contributed by atoms with Gasteiger partial charge in [0.25, 0.3) is 0 Å². The van der Waals surface area contributed by atoms with Crippen LogP contribution in [0.1, 0.15) is 49.5 Å². The van der Waals surface area contributed by atoms with E-state index in [-0.39, 0.29) is 11.0 Å². The molecule has 2 aromatic carbocycles. The van der Waals surface area contributed by atoms with Crippen molar-refractivity contribution < 1.29 is 14.3 Å². The summed E-state index contributed by atoms with van der Waals surface area (Å²) in [5, 5.41) is 9.05. The number of carbonyl (C=O) groups is 1. The van der Waals surface area contributed by atoms with Crippen molar-refractivity contribution in [2.75, 3.05) is 5.75 Å². The minimum absolute atomic E-state index is 0.0317. The molecule has 0 unspecified atom stereocenters. The Morgan fingerprint density at radius 1 is 1.14 bits per heavy atom. The summed E-state index contributed by atoms with van der Waals surface area (Å²) in [5.41, 5.74) is 3.36. The lowest BCUT2D eigenvalue weighted by atomic mass is 9.86. The Bertz CT molecular complexity index is 1030. The molecule has 1 N–H and O–H groups in total. The Morgan fingerprint density at radius 2 is 1.83 bits per heavy atom. The van der Waals surface area contributed by atoms with Crippen LogP contribution in [0, 0.1) is 5.92 Å². The number of nitrogens with zero attached hydrogens (tertiary/aromatic N) is 1. The molecule has 1 saturated carbocycles. The number of carboxylic acids is 1. The molecule has 1 aliphatic rings. The molecule has 5 heteroatoms. The van der Waals surface area contributed by atoms with Crippen molar-refractivity contribution in [3.63, 3.8) is 0 Å². The summed E-state index contributed by atoms with van der Waals surface area (Å²) >= 11 is 1.96. The second kappa shape index (κ2) is 7.71. The number of oxazole rings is 1. The largest absolute Gasteiger partial charge is 0.478 e. The third-order valence-corrected chi connectivity index (χ3v) is 6.43. The molecule has 1 aliphatic carbocycles. The Morgan fingerprint density at radius 3 is 2.45 bits per heavy atom. The summed E-state index contributed by atoms with van der Waals surface area (Å²) in [6.07, 6.45) is 4.42. The van der Waals surface area contributed by atoms with Gasteiger partial charge >= 0.3 is 5.97 Å². The van der Waals surface area contributed by atoms with Gasteiger partial charge < -0.3 is 9.52 Å². The smallest absolute Gasteiger partial charge is 0.335 e. The molecular formula is C24H25NO3S. The number of rotatable bonds is 6. The van der Waals surface area contributed by atoms with Gasteiger partial charge in [0.1, 0.15) is 0 Å². The lowest BCUT2D eigenvalue weighted by molar-refractivity contribution is 0.0697. The molecule has 1 aromatic heterocycles. The van der Waals surface area contributed by atoms with Gasteiger partial charge in [-0.15, -0.1) is 11.8 Å². The maximum atomic E-state index is 11.0. The number of hydrogen-bond donors (Lipinski definition) is 1. The highest BCUT2D eigenvalue weighted by atomic mass is 32.2.